The summed E-state index contributed by atoms with van der Waals surface area (Å²) in [5.41, 5.74) is 0.567. The van der Waals surface area contributed by atoms with E-state index < -0.39 is 17.1 Å². The lowest BCUT2D eigenvalue weighted by Crippen LogP contribution is -2.46. The van der Waals surface area contributed by atoms with E-state index in [0.717, 1.165) is 19.3 Å². The molecule has 0 aliphatic heterocycles. The maximum atomic E-state index is 10.7. The average molecular weight is 322 g/mol. The van der Waals surface area contributed by atoms with Crippen molar-refractivity contribution in [2.75, 3.05) is 6.61 Å². The van der Waals surface area contributed by atoms with Crippen molar-refractivity contribution in [3.63, 3.8) is 0 Å². The normalized spacial score (nSPS) is 24.1. The number of nitro groups is 1. The topological polar surface area (TPSA) is 95.6 Å². The predicted molar refractivity (Wildman–Crippen MR) is 88.1 cm³/mol. The number of nitrogens with zero attached hydrogens (tertiary/aromatic N) is 1. The minimum atomic E-state index is -0.886. The maximum absolute atomic E-state index is 10.7. The Balaban J connectivity index is 2.00. The Kier molecular flexibility index (Phi) is 6.50. The largest absolute Gasteiger partial charge is 0.395 e. The Morgan fingerprint density at radius 1 is 1.35 bits per heavy atom. The SMILES string of the molecule is CCC1CCCC(NC(CO)C(O)c2ccc([N+](=O)[O-])cc2)C1. The highest BCUT2D eigenvalue weighted by atomic mass is 16.6. The number of hydrogen-bond acceptors (Lipinski definition) is 5. The lowest BCUT2D eigenvalue weighted by atomic mass is 9.83. The molecule has 1 aromatic rings. The van der Waals surface area contributed by atoms with Crippen LogP contribution in [0.4, 0.5) is 5.69 Å². The minimum Gasteiger partial charge on any atom is -0.395 e. The number of rotatable bonds is 7. The third kappa shape index (κ3) is 4.73. The number of nitro benzene ring substituents is 1. The highest BCUT2D eigenvalue weighted by Crippen LogP contribution is 2.28. The summed E-state index contributed by atoms with van der Waals surface area (Å²) in [5, 5.41) is 34.2. The van der Waals surface area contributed by atoms with Crippen molar-refractivity contribution in [2.45, 2.75) is 57.2 Å². The van der Waals surface area contributed by atoms with Gasteiger partial charge in [-0.05, 0) is 36.5 Å². The zero-order chi connectivity index (χ0) is 16.8. The smallest absolute Gasteiger partial charge is 0.269 e. The molecule has 1 aliphatic rings. The van der Waals surface area contributed by atoms with Crippen molar-refractivity contribution in [2.24, 2.45) is 5.92 Å². The first kappa shape index (κ1) is 17.8. The quantitative estimate of drug-likeness (QED) is 0.529. The van der Waals surface area contributed by atoms with Crippen LogP contribution in [0.1, 0.15) is 50.7 Å². The zero-order valence-electron chi connectivity index (χ0n) is 13.5. The summed E-state index contributed by atoms with van der Waals surface area (Å²) in [6.45, 7) is 2.02. The number of aliphatic hydroxyl groups excluding tert-OH is 2. The minimum absolute atomic E-state index is 0.00692. The molecule has 0 bridgehead atoms. The second-order valence-electron chi connectivity index (χ2n) is 6.39. The summed E-state index contributed by atoms with van der Waals surface area (Å²) >= 11 is 0. The van der Waals surface area contributed by atoms with Crippen LogP contribution in [0.25, 0.3) is 0 Å². The number of nitrogens with one attached hydrogen (secondary N) is 1. The summed E-state index contributed by atoms with van der Waals surface area (Å²) < 4.78 is 0. The van der Waals surface area contributed by atoms with Crippen LogP contribution in [-0.2, 0) is 0 Å². The van der Waals surface area contributed by atoms with Gasteiger partial charge in [0.15, 0.2) is 0 Å². The van der Waals surface area contributed by atoms with Gasteiger partial charge in [-0.25, -0.2) is 0 Å². The lowest BCUT2D eigenvalue weighted by molar-refractivity contribution is -0.384. The third-order valence-electron chi connectivity index (χ3n) is 4.83. The molecule has 0 amide bonds. The van der Waals surface area contributed by atoms with Gasteiger partial charge in [0, 0.05) is 18.2 Å². The van der Waals surface area contributed by atoms with Crippen LogP contribution in [0.15, 0.2) is 24.3 Å². The van der Waals surface area contributed by atoms with Crippen LogP contribution in [0.5, 0.6) is 0 Å². The molecule has 1 saturated carbocycles. The van der Waals surface area contributed by atoms with E-state index in [2.05, 4.69) is 12.2 Å². The van der Waals surface area contributed by atoms with Gasteiger partial charge in [0.05, 0.1) is 23.7 Å². The molecule has 1 aliphatic carbocycles. The molecule has 2 rings (SSSR count). The number of benzene rings is 1. The number of hydrogen-bond donors (Lipinski definition) is 3. The monoisotopic (exact) mass is 322 g/mol. The van der Waals surface area contributed by atoms with Crippen LogP contribution in [0.3, 0.4) is 0 Å². The molecular formula is C17H26N2O4. The zero-order valence-corrected chi connectivity index (χ0v) is 13.5. The van der Waals surface area contributed by atoms with E-state index in [0.29, 0.717) is 17.5 Å². The summed E-state index contributed by atoms with van der Waals surface area (Å²) in [4.78, 5) is 10.2. The Bertz CT molecular complexity index is 506. The number of aliphatic hydroxyl groups is 2. The second kappa shape index (κ2) is 8.38. The Morgan fingerprint density at radius 2 is 2.04 bits per heavy atom. The standard InChI is InChI=1S/C17H26N2O4/c1-2-12-4-3-5-14(10-12)18-16(11-20)17(21)13-6-8-15(9-7-13)19(22)23/h6-9,12,14,16-18,20-21H,2-5,10-11H2,1H3. The van der Waals surface area contributed by atoms with E-state index in [4.69, 9.17) is 0 Å². The van der Waals surface area contributed by atoms with E-state index in [1.165, 1.54) is 25.0 Å². The van der Waals surface area contributed by atoms with Gasteiger partial charge >= 0.3 is 0 Å². The molecule has 0 aromatic heterocycles. The van der Waals surface area contributed by atoms with E-state index >= 15 is 0 Å². The fourth-order valence-electron chi connectivity index (χ4n) is 3.39. The van der Waals surface area contributed by atoms with Gasteiger partial charge in [0.2, 0.25) is 0 Å². The Morgan fingerprint density at radius 3 is 2.61 bits per heavy atom. The van der Waals surface area contributed by atoms with Crippen molar-refractivity contribution in [1.29, 1.82) is 0 Å². The molecule has 0 heterocycles. The summed E-state index contributed by atoms with van der Waals surface area (Å²) in [6.07, 6.45) is 4.82. The summed E-state index contributed by atoms with van der Waals surface area (Å²) in [7, 11) is 0. The van der Waals surface area contributed by atoms with Crippen molar-refractivity contribution >= 4 is 5.69 Å². The van der Waals surface area contributed by atoms with Crippen LogP contribution in [0.2, 0.25) is 0 Å². The van der Waals surface area contributed by atoms with Gasteiger partial charge in [0.1, 0.15) is 0 Å². The molecule has 23 heavy (non-hydrogen) atoms. The highest BCUT2D eigenvalue weighted by molar-refractivity contribution is 5.34. The molecule has 0 radical (unpaired) electrons. The molecule has 0 spiro atoms. The highest BCUT2D eigenvalue weighted by Gasteiger charge is 2.27. The molecule has 1 aromatic carbocycles. The first-order valence-electron chi connectivity index (χ1n) is 8.34. The molecule has 1 fully saturated rings. The van der Waals surface area contributed by atoms with Gasteiger partial charge in [-0.15, -0.1) is 0 Å². The van der Waals surface area contributed by atoms with Gasteiger partial charge < -0.3 is 15.5 Å². The Hall–Kier alpha value is -1.50. The van der Waals surface area contributed by atoms with Crippen LogP contribution in [-0.4, -0.2) is 33.8 Å². The van der Waals surface area contributed by atoms with Crippen molar-refractivity contribution in [3.8, 4) is 0 Å². The molecule has 4 atom stereocenters. The van der Waals surface area contributed by atoms with E-state index in [-0.39, 0.29) is 12.3 Å². The van der Waals surface area contributed by atoms with E-state index in [1.54, 1.807) is 12.1 Å². The molecule has 6 heteroatoms. The van der Waals surface area contributed by atoms with Gasteiger partial charge in [0.25, 0.3) is 5.69 Å². The molecule has 3 N–H and O–H groups in total. The van der Waals surface area contributed by atoms with Crippen LogP contribution >= 0.6 is 0 Å². The average Bonchev–Trinajstić information content (AvgIpc) is 2.59. The fourth-order valence-corrected chi connectivity index (χ4v) is 3.39. The van der Waals surface area contributed by atoms with E-state index in [9.17, 15) is 20.3 Å². The van der Waals surface area contributed by atoms with E-state index in [1.807, 2.05) is 0 Å². The number of non-ortho nitro benzene ring substituents is 1. The maximum Gasteiger partial charge on any atom is 0.269 e. The third-order valence-corrected chi connectivity index (χ3v) is 4.83. The molecule has 128 valence electrons. The molecule has 4 unspecified atom stereocenters. The first-order valence-corrected chi connectivity index (χ1v) is 8.34. The summed E-state index contributed by atoms with van der Waals surface area (Å²) in [5.74, 6) is 0.706. The lowest BCUT2D eigenvalue weighted by Gasteiger charge is -2.33. The van der Waals surface area contributed by atoms with Gasteiger partial charge in [-0.3, -0.25) is 10.1 Å². The van der Waals surface area contributed by atoms with Gasteiger partial charge in [-0.2, -0.15) is 0 Å². The van der Waals surface area contributed by atoms with Gasteiger partial charge in [-0.1, -0.05) is 26.2 Å². The molecular weight excluding hydrogens is 296 g/mol. The predicted octanol–water partition coefficient (Wildman–Crippen LogP) is 2.55. The second-order valence-corrected chi connectivity index (χ2v) is 6.39. The van der Waals surface area contributed by atoms with Crippen LogP contribution < -0.4 is 5.32 Å². The first-order chi connectivity index (χ1) is 11.0. The molecule has 6 nitrogen and oxygen atoms in total. The van der Waals surface area contributed by atoms with Crippen molar-refractivity contribution in [1.82, 2.24) is 5.32 Å². The van der Waals surface area contributed by atoms with Crippen molar-refractivity contribution < 1.29 is 15.1 Å². The Labute approximate surface area is 136 Å². The molecule has 0 saturated heterocycles. The van der Waals surface area contributed by atoms with Crippen LogP contribution in [0, 0.1) is 16.0 Å². The summed E-state index contributed by atoms with van der Waals surface area (Å²) in [6, 6.07) is 5.68. The van der Waals surface area contributed by atoms with Crippen molar-refractivity contribution in [3.05, 3.63) is 39.9 Å². The fraction of sp³-hybridized carbons (Fsp3) is 0.647.